The highest BCUT2D eigenvalue weighted by molar-refractivity contribution is 7.22. The molecule has 176 valence electrons. The molecule has 2 heterocycles. The van der Waals surface area contributed by atoms with Crippen LogP contribution in [0.3, 0.4) is 0 Å². The Morgan fingerprint density at radius 2 is 1.64 bits per heavy atom. The molecule has 0 aliphatic rings. The van der Waals surface area contributed by atoms with Crippen LogP contribution >= 0.6 is 11.3 Å². The summed E-state index contributed by atoms with van der Waals surface area (Å²) in [4.78, 5) is 33.4. The van der Waals surface area contributed by atoms with E-state index in [2.05, 4.69) is 13.0 Å². The maximum Gasteiger partial charge on any atom is 0.349 e. The van der Waals surface area contributed by atoms with Gasteiger partial charge in [0.25, 0.3) is 5.91 Å². The second-order valence-corrected chi connectivity index (χ2v) is 9.93. The van der Waals surface area contributed by atoms with Gasteiger partial charge in [-0.25, -0.2) is 9.78 Å². The van der Waals surface area contributed by atoms with Gasteiger partial charge in [-0.3, -0.25) is 9.69 Å². The fraction of sp³-hybridized carbons (Fsp3) is 0.100. The molecule has 1 amide bonds. The van der Waals surface area contributed by atoms with E-state index >= 15 is 0 Å². The zero-order valence-corrected chi connectivity index (χ0v) is 20.6. The van der Waals surface area contributed by atoms with Gasteiger partial charge in [-0.1, -0.05) is 72.0 Å². The molecule has 36 heavy (non-hydrogen) atoms. The van der Waals surface area contributed by atoms with E-state index in [0.717, 1.165) is 37.5 Å². The molecular weight excluding hydrogens is 468 g/mol. The van der Waals surface area contributed by atoms with Crippen LogP contribution in [-0.4, -0.2) is 10.9 Å². The number of aromatic nitrogens is 1. The molecule has 0 atom stereocenters. The molecule has 0 N–H and O–H groups in total. The Balaban J connectivity index is 1.52. The lowest BCUT2D eigenvalue weighted by Crippen LogP contribution is -2.33. The van der Waals surface area contributed by atoms with Gasteiger partial charge < -0.3 is 4.42 Å². The molecule has 0 fully saturated rings. The Morgan fingerprint density at radius 1 is 0.889 bits per heavy atom. The summed E-state index contributed by atoms with van der Waals surface area (Å²) in [6.07, 6.45) is 0. The number of fused-ring (bicyclic) bond motifs is 4. The fourth-order valence-corrected chi connectivity index (χ4v) is 5.48. The van der Waals surface area contributed by atoms with Gasteiger partial charge in [-0.15, -0.1) is 0 Å². The van der Waals surface area contributed by atoms with Gasteiger partial charge in [-0.2, -0.15) is 0 Å². The van der Waals surface area contributed by atoms with Crippen molar-refractivity contribution in [2.75, 3.05) is 4.90 Å². The lowest BCUT2D eigenvalue weighted by Gasteiger charge is -2.20. The van der Waals surface area contributed by atoms with Crippen molar-refractivity contribution in [3.05, 3.63) is 118 Å². The number of carbonyl (C=O) groups excluding carboxylic acids is 1. The van der Waals surface area contributed by atoms with Gasteiger partial charge >= 0.3 is 5.63 Å². The minimum absolute atomic E-state index is 0.0126. The van der Waals surface area contributed by atoms with E-state index in [4.69, 9.17) is 9.40 Å². The molecule has 6 heteroatoms. The molecule has 0 saturated heterocycles. The van der Waals surface area contributed by atoms with Crippen molar-refractivity contribution >= 4 is 54.3 Å². The normalized spacial score (nSPS) is 11.4. The second kappa shape index (κ2) is 8.73. The predicted octanol–water partition coefficient (Wildman–Crippen LogP) is 7.02. The first-order chi connectivity index (χ1) is 17.5. The highest BCUT2D eigenvalue weighted by atomic mass is 32.1. The number of thiazole rings is 1. The number of aryl methyl sites for hydroxylation is 2. The van der Waals surface area contributed by atoms with Crippen molar-refractivity contribution in [3.63, 3.8) is 0 Å². The van der Waals surface area contributed by atoms with Crippen molar-refractivity contribution < 1.29 is 9.21 Å². The zero-order valence-electron chi connectivity index (χ0n) is 19.8. The van der Waals surface area contributed by atoms with Crippen molar-refractivity contribution in [2.24, 2.45) is 0 Å². The number of anilines is 1. The van der Waals surface area contributed by atoms with Crippen LogP contribution in [0.2, 0.25) is 0 Å². The molecule has 6 aromatic rings. The number of carbonyl (C=O) groups is 1. The minimum atomic E-state index is -0.659. The van der Waals surface area contributed by atoms with Crippen molar-refractivity contribution in [1.82, 2.24) is 4.98 Å². The molecule has 2 aromatic heterocycles. The average Bonchev–Trinajstić information content (AvgIpc) is 3.29. The monoisotopic (exact) mass is 490 g/mol. The van der Waals surface area contributed by atoms with Crippen molar-refractivity contribution in [1.29, 1.82) is 0 Å². The number of rotatable bonds is 4. The number of benzene rings is 4. The summed E-state index contributed by atoms with van der Waals surface area (Å²) in [6.45, 7) is 4.39. The quantitative estimate of drug-likeness (QED) is 0.197. The van der Waals surface area contributed by atoms with Crippen LogP contribution in [0.4, 0.5) is 5.13 Å². The third kappa shape index (κ3) is 3.85. The average molecular weight is 491 g/mol. The lowest BCUT2D eigenvalue weighted by atomic mass is 10.0. The van der Waals surface area contributed by atoms with E-state index in [1.165, 1.54) is 16.9 Å². The number of nitrogens with zero attached hydrogens (tertiary/aromatic N) is 2. The first-order valence-electron chi connectivity index (χ1n) is 11.7. The van der Waals surface area contributed by atoms with Crippen LogP contribution in [0, 0.1) is 13.8 Å². The maximum atomic E-state index is 14.0. The first-order valence-corrected chi connectivity index (χ1v) is 12.5. The fourth-order valence-electron chi connectivity index (χ4n) is 4.44. The Kier molecular flexibility index (Phi) is 5.38. The smallest absolute Gasteiger partial charge is 0.349 e. The largest absolute Gasteiger partial charge is 0.422 e. The maximum absolute atomic E-state index is 14.0. The summed E-state index contributed by atoms with van der Waals surface area (Å²) in [7, 11) is 0. The van der Waals surface area contributed by atoms with Gasteiger partial charge in [0.15, 0.2) is 5.13 Å². The first kappa shape index (κ1) is 22.2. The zero-order chi connectivity index (χ0) is 24.8. The van der Waals surface area contributed by atoms with Crippen LogP contribution in [0.1, 0.15) is 27.0 Å². The molecule has 0 radical (unpaired) electrons. The molecule has 0 aliphatic carbocycles. The van der Waals surface area contributed by atoms with Gasteiger partial charge in [0.05, 0.1) is 16.8 Å². The lowest BCUT2D eigenvalue weighted by molar-refractivity contribution is 0.0981. The molecule has 0 bridgehead atoms. The summed E-state index contributed by atoms with van der Waals surface area (Å²) in [5.41, 5.74) is 3.86. The highest BCUT2D eigenvalue weighted by Crippen LogP contribution is 2.33. The molecule has 5 nitrogen and oxygen atoms in total. The third-order valence-corrected chi connectivity index (χ3v) is 7.57. The summed E-state index contributed by atoms with van der Waals surface area (Å²) in [5, 5.41) is 3.20. The highest BCUT2D eigenvalue weighted by Gasteiger charge is 2.25. The van der Waals surface area contributed by atoms with E-state index in [1.807, 2.05) is 73.7 Å². The van der Waals surface area contributed by atoms with E-state index in [0.29, 0.717) is 10.7 Å². The molecule has 0 unspecified atom stereocenters. The van der Waals surface area contributed by atoms with Crippen molar-refractivity contribution in [3.8, 4) is 0 Å². The Labute approximate surface area is 211 Å². The van der Waals surface area contributed by atoms with E-state index in [1.54, 1.807) is 17.0 Å². The molecule has 0 saturated carbocycles. The van der Waals surface area contributed by atoms with Crippen LogP contribution < -0.4 is 10.5 Å². The molecule has 0 aliphatic heterocycles. The third-order valence-electron chi connectivity index (χ3n) is 6.52. The van der Waals surface area contributed by atoms with Crippen LogP contribution in [0.15, 0.2) is 94.1 Å². The molecular formula is C30H22N2O3S. The summed E-state index contributed by atoms with van der Waals surface area (Å²) < 4.78 is 6.62. The van der Waals surface area contributed by atoms with Crippen LogP contribution in [0.25, 0.3) is 32.0 Å². The number of hydrogen-bond acceptors (Lipinski definition) is 5. The van der Waals surface area contributed by atoms with Gasteiger partial charge in [0.2, 0.25) is 0 Å². The minimum Gasteiger partial charge on any atom is -0.422 e. The van der Waals surface area contributed by atoms with Gasteiger partial charge in [0.1, 0.15) is 11.1 Å². The standard InChI is InChI=1S/C30H22N2O3S/c1-18-14-25-27(15-19(18)2)36-30(31-25)32(17-20-8-4-3-5-9-20)28(33)24-16-23-22-11-7-6-10-21(22)12-13-26(23)35-29(24)34/h3-16H,17H2,1-2H3. The van der Waals surface area contributed by atoms with Crippen molar-refractivity contribution in [2.45, 2.75) is 20.4 Å². The Bertz CT molecular complexity index is 1800. The number of amides is 1. The van der Waals surface area contributed by atoms with E-state index < -0.39 is 11.5 Å². The molecule has 4 aromatic carbocycles. The summed E-state index contributed by atoms with van der Waals surface area (Å²) >= 11 is 1.44. The number of hydrogen-bond donors (Lipinski definition) is 0. The van der Waals surface area contributed by atoms with E-state index in [-0.39, 0.29) is 12.1 Å². The molecule has 0 spiro atoms. The topological polar surface area (TPSA) is 63.4 Å². The summed E-state index contributed by atoms with van der Waals surface area (Å²) in [5.74, 6) is -0.435. The summed E-state index contributed by atoms with van der Waals surface area (Å²) in [6, 6.07) is 27.0. The van der Waals surface area contributed by atoms with Gasteiger partial charge in [0, 0.05) is 5.39 Å². The molecule has 6 rings (SSSR count). The predicted molar refractivity (Wildman–Crippen MR) is 146 cm³/mol. The van der Waals surface area contributed by atoms with E-state index in [9.17, 15) is 9.59 Å². The van der Waals surface area contributed by atoms with Crippen LogP contribution in [0.5, 0.6) is 0 Å². The van der Waals surface area contributed by atoms with Crippen LogP contribution in [-0.2, 0) is 6.54 Å². The Hall–Kier alpha value is -4.29. The Morgan fingerprint density at radius 3 is 2.47 bits per heavy atom. The SMILES string of the molecule is Cc1cc2nc(N(Cc3ccccc3)C(=O)c3cc4c(ccc5ccccc54)oc3=O)sc2cc1C. The second-order valence-electron chi connectivity index (χ2n) is 8.92. The van der Waals surface area contributed by atoms with Gasteiger partial charge in [-0.05, 0) is 65.6 Å².